The Morgan fingerprint density at radius 1 is 1.38 bits per heavy atom. The zero-order valence-corrected chi connectivity index (χ0v) is 12.2. The molecule has 0 bridgehead atoms. The first-order valence-corrected chi connectivity index (χ1v) is 7.24. The van der Waals surface area contributed by atoms with Gasteiger partial charge in [-0.05, 0) is 25.6 Å². The van der Waals surface area contributed by atoms with Gasteiger partial charge >= 0.3 is 0 Å². The molecular formula is C15H20N6. The Bertz CT molecular complexity index is 573. The van der Waals surface area contributed by atoms with Gasteiger partial charge in [-0.1, -0.05) is 6.07 Å². The van der Waals surface area contributed by atoms with Gasteiger partial charge in [-0.3, -0.25) is 4.98 Å². The summed E-state index contributed by atoms with van der Waals surface area (Å²) in [7, 11) is 2.01. The van der Waals surface area contributed by atoms with Crippen LogP contribution in [0, 0.1) is 0 Å². The summed E-state index contributed by atoms with van der Waals surface area (Å²) in [4.78, 5) is 6.62. The van der Waals surface area contributed by atoms with Crippen LogP contribution in [0.25, 0.3) is 0 Å². The van der Waals surface area contributed by atoms with E-state index in [4.69, 9.17) is 0 Å². The Hall–Kier alpha value is -2.21. The highest BCUT2D eigenvalue weighted by Gasteiger charge is 2.21. The van der Waals surface area contributed by atoms with Gasteiger partial charge in [0.05, 0.1) is 24.1 Å². The molecule has 0 spiro atoms. The summed E-state index contributed by atoms with van der Waals surface area (Å²) in [6, 6.07) is 8.49. The Morgan fingerprint density at radius 3 is 3.10 bits per heavy atom. The quantitative estimate of drug-likeness (QED) is 0.862. The van der Waals surface area contributed by atoms with E-state index in [9.17, 15) is 0 Å². The van der Waals surface area contributed by atoms with Crippen LogP contribution in [0.2, 0.25) is 0 Å². The number of pyridine rings is 1. The van der Waals surface area contributed by atoms with Crippen molar-refractivity contribution >= 4 is 11.5 Å². The SMILES string of the molecule is CNC1CCN(c2cnnc(NCc3ccccn3)c2)C1. The standard InChI is InChI=1S/C15H20N6/c1-16-13-5-7-21(11-13)14-8-15(20-19-10-14)18-9-12-4-2-3-6-17-12/h2-4,6,8,10,13,16H,5,7,9,11H2,1H3,(H,18,20). The fraction of sp³-hybridized carbons (Fsp3) is 0.400. The molecular weight excluding hydrogens is 264 g/mol. The van der Waals surface area contributed by atoms with Crippen molar-refractivity contribution in [2.75, 3.05) is 30.4 Å². The molecule has 1 atom stereocenters. The fourth-order valence-electron chi connectivity index (χ4n) is 2.53. The number of rotatable bonds is 5. The van der Waals surface area contributed by atoms with Crippen LogP contribution in [-0.2, 0) is 6.54 Å². The topological polar surface area (TPSA) is 66.0 Å². The molecule has 1 unspecified atom stereocenters. The first-order valence-electron chi connectivity index (χ1n) is 7.24. The van der Waals surface area contributed by atoms with Crippen LogP contribution in [0.3, 0.4) is 0 Å². The lowest BCUT2D eigenvalue weighted by molar-refractivity contribution is 0.617. The average molecular weight is 284 g/mol. The Labute approximate surface area is 124 Å². The molecule has 0 saturated carbocycles. The molecule has 1 fully saturated rings. The summed E-state index contributed by atoms with van der Waals surface area (Å²) in [5.74, 6) is 0.783. The maximum atomic E-state index is 4.29. The van der Waals surface area contributed by atoms with E-state index in [1.54, 1.807) is 6.20 Å². The van der Waals surface area contributed by atoms with Crippen molar-refractivity contribution in [1.29, 1.82) is 0 Å². The van der Waals surface area contributed by atoms with E-state index in [1.807, 2.05) is 37.5 Å². The first kappa shape index (κ1) is 13.8. The van der Waals surface area contributed by atoms with E-state index in [1.165, 1.54) is 0 Å². The fourth-order valence-corrected chi connectivity index (χ4v) is 2.53. The van der Waals surface area contributed by atoms with Gasteiger partial charge in [0.15, 0.2) is 5.82 Å². The van der Waals surface area contributed by atoms with E-state index < -0.39 is 0 Å². The minimum absolute atomic E-state index is 0.558. The molecule has 2 aromatic heterocycles. The number of likely N-dealkylation sites (N-methyl/N-ethyl adjacent to an activating group) is 1. The molecule has 2 N–H and O–H groups in total. The monoisotopic (exact) mass is 284 g/mol. The highest BCUT2D eigenvalue weighted by Crippen LogP contribution is 2.21. The average Bonchev–Trinajstić information content (AvgIpc) is 3.03. The number of anilines is 2. The van der Waals surface area contributed by atoms with Crippen LogP contribution >= 0.6 is 0 Å². The molecule has 0 amide bonds. The summed E-state index contributed by atoms with van der Waals surface area (Å²) < 4.78 is 0. The third kappa shape index (κ3) is 3.46. The van der Waals surface area contributed by atoms with Crippen molar-refractivity contribution in [3.05, 3.63) is 42.4 Å². The van der Waals surface area contributed by atoms with E-state index >= 15 is 0 Å². The lowest BCUT2D eigenvalue weighted by Crippen LogP contribution is -2.29. The third-order valence-electron chi connectivity index (χ3n) is 3.78. The Kier molecular flexibility index (Phi) is 4.25. The van der Waals surface area contributed by atoms with Crippen LogP contribution in [0.1, 0.15) is 12.1 Å². The number of nitrogens with one attached hydrogen (secondary N) is 2. The largest absolute Gasteiger partial charge is 0.369 e. The molecule has 1 aliphatic heterocycles. The van der Waals surface area contributed by atoms with Gasteiger partial charge in [0.25, 0.3) is 0 Å². The highest BCUT2D eigenvalue weighted by atomic mass is 15.2. The molecule has 3 rings (SSSR count). The Morgan fingerprint density at radius 2 is 2.33 bits per heavy atom. The Balaban J connectivity index is 1.63. The van der Waals surface area contributed by atoms with Crippen molar-refractivity contribution in [1.82, 2.24) is 20.5 Å². The van der Waals surface area contributed by atoms with Gasteiger partial charge in [-0.15, -0.1) is 5.10 Å². The minimum Gasteiger partial charge on any atom is -0.369 e. The van der Waals surface area contributed by atoms with Gasteiger partial charge in [0.2, 0.25) is 0 Å². The summed E-state index contributed by atoms with van der Waals surface area (Å²) >= 11 is 0. The number of aromatic nitrogens is 3. The molecule has 0 radical (unpaired) electrons. The van der Waals surface area contributed by atoms with Crippen LogP contribution in [0.4, 0.5) is 11.5 Å². The molecule has 3 heterocycles. The smallest absolute Gasteiger partial charge is 0.151 e. The van der Waals surface area contributed by atoms with Crippen molar-refractivity contribution in [2.45, 2.75) is 19.0 Å². The van der Waals surface area contributed by atoms with Gasteiger partial charge in [-0.25, -0.2) is 0 Å². The predicted molar refractivity (Wildman–Crippen MR) is 83.3 cm³/mol. The maximum absolute atomic E-state index is 4.29. The van der Waals surface area contributed by atoms with Gasteiger partial charge in [0.1, 0.15) is 0 Å². The summed E-state index contributed by atoms with van der Waals surface area (Å²) in [6.45, 7) is 2.72. The zero-order valence-electron chi connectivity index (χ0n) is 12.2. The summed E-state index contributed by atoms with van der Waals surface area (Å²) in [5, 5.41) is 14.8. The summed E-state index contributed by atoms with van der Waals surface area (Å²) in [5.41, 5.74) is 2.10. The second-order valence-corrected chi connectivity index (χ2v) is 5.19. The number of hydrogen-bond donors (Lipinski definition) is 2. The highest BCUT2D eigenvalue weighted by molar-refractivity contribution is 5.53. The first-order chi connectivity index (χ1) is 10.3. The second kappa shape index (κ2) is 6.49. The number of nitrogens with zero attached hydrogens (tertiary/aromatic N) is 4. The zero-order chi connectivity index (χ0) is 14.5. The predicted octanol–water partition coefficient (Wildman–Crippen LogP) is 1.28. The van der Waals surface area contributed by atoms with Crippen LogP contribution in [0.5, 0.6) is 0 Å². The van der Waals surface area contributed by atoms with E-state index in [0.717, 1.165) is 36.7 Å². The van der Waals surface area contributed by atoms with Crippen LogP contribution in [0.15, 0.2) is 36.7 Å². The maximum Gasteiger partial charge on any atom is 0.151 e. The van der Waals surface area contributed by atoms with Gasteiger partial charge in [-0.2, -0.15) is 5.10 Å². The van der Waals surface area contributed by atoms with Crippen molar-refractivity contribution in [3.8, 4) is 0 Å². The molecule has 2 aromatic rings. The molecule has 6 heteroatoms. The molecule has 21 heavy (non-hydrogen) atoms. The van der Waals surface area contributed by atoms with Gasteiger partial charge in [0, 0.05) is 31.4 Å². The molecule has 1 saturated heterocycles. The van der Waals surface area contributed by atoms with E-state index in [2.05, 4.69) is 30.7 Å². The van der Waals surface area contributed by atoms with E-state index in [-0.39, 0.29) is 0 Å². The lowest BCUT2D eigenvalue weighted by Gasteiger charge is -2.18. The molecule has 1 aliphatic rings. The third-order valence-corrected chi connectivity index (χ3v) is 3.78. The summed E-state index contributed by atoms with van der Waals surface area (Å²) in [6.07, 6.45) is 4.78. The minimum atomic E-state index is 0.558. The lowest BCUT2D eigenvalue weighted by atomic mass is 10.3. The van der Waals surface area contributed by atoms with Crippen LogP contribution in [-0.4, -0.2) is 41.4 Å². The van der Waals surface area contributed by atoms with Crippen molar-refractivity contribution < 1.29 is 0 Å². The number of hydrogen-bond acceptors (Lipinski definition) is 6. The van der Waals surface area contributed by atoms with Crippen LogP contribution < -0.4 is 15.5 Å². The normalized spacial score (nSPS) is 18.0. The van der Waals surface area contributed by atoms with Crippen molar-refractivity contribution in [3.63, 3.8) is 0 Å². The molecule has 6 nitrogen and oxygen atoms in total. The second-order valence-electron chi connectivity index (χ2n) is 5.19. The van der Waals surface area contributed by atoms with Crippen molar-refractivity contribution in [2.24, 2.45) is 0 Å². The molecule has 0 aromatic carbocycles. The molecule has 110 valence electrons. The van der Waals surface area contributed by atoms with Gasteiger partial charge < -0.3 is 15.5 Å². The van der Waals surface area contributed by atoms with E-state index in [0.29, 0.717) is 12.6 Å². The molecule has 0 aliphatic carbocycles.